The third-order valence-corrected chi connectivity index (χ3v) is 4.41. The monoisotopic (exact) mass is 356 g/mol. The number of aliphatic carboxylic acids is 1. The molecule has 0 atom stereocenters. The molecule has 8 heteroatoms. The number of carbonyl (C=O) groups excluding carboxylic acids is 1. The normalized spacial score (nSPS) is 15.6. The summed E-state index contributed by atoms with van der Waals surface area (Å²) in [6, 6.07) is 7.82. The number of nitrogens with two attached hydrogens (primary N) is 1. The minimum Gasteiger partial charge on any atom is -0.481 e. The topological polar surface area (TPSA) is 111 Å². The van der Waals surface area contributed by atoms with Gasteiger partial charge in [0.25, 0.3) is 5.91 Å². The summed E-state index contributed by atoms with van der Waals surface area (Å²) in [6.45, 7) is 2.24. The first-order valence-electron chi connectivity index (χ1n) is 7.56. The van der Waals surface area contributed by atoms with Crippen molar-refractivity contribution in [3.63, 3.8) is 0 Å². The summed E-state index contributed by atoms with van der Waals surface area (Å²) in [5, 5.41) is 13.6. The highest BCUT2D eigenvalue weighted by Crippen LogP contribution is 2.30. The van der Waals surface area contributed by atoms with Gasteiger partial charge >= 0.3 is 5.97 Å². The van der Waals surface area contributed by atoms with Crippen LogP contribution in [0.5, 0.6) is 0 Å². The lowest BCUT2D eigenvalue weighted by molar-refractivity contribution is -0.137. The van der Waals surface area contributed by atoms with E-state index in [-0.39, 0.29) is 24.0 Å². The van der Waals surface area contributed by atoms with Crippen LogP contribution in [-0.2, 0) is 16.1 Å². The van der Waals surface area contributed by atoms with Crippen LogP contribution in [0.4, 0.5) is 0 Å². The summed E-state index contributed by atoms with van der Waals surface area (Å²) in [5.41, 5.74) is 8.99. The molecule has 0 saturated carbocycles. The van der Waals surface area contributed by atoms with Crippen molar-refractivity contribution < 1.29 is 14.7 Å². The number of aromatic nitrogens is 2. The second-order valence-corrected chi connectivity index (χ2v) is 6.63. The van der Waals surface area contributed by atoms with E-state index in [4.69, 9.17) is 10.8 Å². The van der Waals surface area contributed by atoms with E-state index in [0.29, 0.717) is 10.6 Å². The maximum Gasteiger partial charge on any atom is 0.305 e. The lowest BCUT2D eigenvalue weighted by Gasteiger charge is -2.01. The maximum atomic E-state index is 11.8. The average molecular weight is 356 g/mol. The molecule has 3 N–H and O–H groups in total. The highest BCUT2D eigenvalue weighted by molar-refractivity contribution is 8.18. The van der Waals surface area contributed by atoms with Gasteiger partial charge in [0.2, 0.25) is 0 Å². The molecule has 1 amide bonds. The molecule has 1 aliphatic rings. The number of carboxylic acids is 1. The number of amidine groups is 1. The molecule has 0 aliphatic carbocycles. The first-order chi connectivity index (χ1) is 11.9. The van der Waals surface area contributed by atoms with Crippen molar-refractivity contribution in [1.29, 1.82) is 0 Å². The van der Waals surface area contributed by atoms with E-state index in [2.05, 4.69) is 10.1 Å². The Balaban J connectivity index is 1.99. The minimum atomic E-state index is -0.894. The number of aliphatic imine (C=N–C) groups is 1. The van der Waals surface area contributed by atoms with Gasteiger partial charge in [-0.25, -0.2) is 0 Å². The molecule has 2 heterocycles. The Bertz CT molecular complexity index is 897. The Morgan fingerprint density at radius 3 is 2.68 bits per heavy atom. The van der Waals surface area contributed by atoms with E-state index in [1.54, 1.807) is 17.0 Å². The summed E-state index contributed by atoms with van der Waals surface area (Å²) in [5.74, 6) is -1.27. The Hall–Kier alpha value is -2.87. The lowest BCUT2D eigenvalue weighted by atomic mass is 10.1. The molecular formula is C17H16N4O3S. The van der Waals surface area contributed by atoms with Gasteiger partial charge in [-0.15, -0.1) is 0 Å². The maximum absolute atomic E-state index is 11.8. The highest BCUT2D eigenvalue weighted by Gasteiger charge is 2.21. The number of rotatable bonds is 5. The van der Waals surface area contributed by atoms with Crippen LogP contribution in [0.1, 0.15) is 17.5 Å². The van der Waals surface area contributed by atoms with Crippen molar-refractivity contribution in [2.45, 2.75) is 19.9 Å². The van der Waals surface area contributed by atoms with Crippen LogP contribution >= 0.6 is 11.8 Å². The molecule has 1 aromatic heterocycles. The van der Waals surface area contributed by atoms with Crippen LogP contribution in [0.15, 0.2) is 40.4 Å². The van der Waals surface area contributed by atoms with Crippen molar-refractivity contribution in [1.82, 2.24) is 9.78 Å². The summed E-state index contributed by atoms with van der Waals surface area (Å²) in [4.78, 5) is 26.8. The lowest BCUT2D eigenvalue weighted by Crippen LogP contribution is -2.04. The van der Waals surface area contributed by atoms with E-state index >= 15 is 0 Å². The van der Waals surface area contributed by atoms with Crippen molar-refractivity contribution in [2.24, 2.45) is 10.7 Å². The van der Waals surface area contributed by atoms with Gasteiger partial charge in [-0.1, -0.05) is 29.8 Å². The molecule has 0 spiro atoms. The molecule has 25 heavy (non-hydrogen) atoms. The zero-order valence-corrected chi connectivity index (χ0v) is 14.3. The van der Waals surface area contributed by atoms with E-state index in [1.165, 1.54) is 0 Å². The molecule has 128 valence electrons. The molecule has 1 aliphatic heterocycles. The number of thioether (sulfide) groups is 1. The number of carboxylic acid groups (broad SMARTS) is 1. The number of amides is 1. The fourth-order valence-corrected chi connectivity index (χ4v) is 3.04. The van der Waals surface area contributed by atoms with E-state index in [1.807, 2.05) is 31.2 Å². The number of nitrogens with zero attached hydrogens (tertiary/aromatic N) is 3. The number of hydrogen-bond donors (Lipinski definition) is 2. The molecule has 1 aromatic carbocycles. The zero-order valence-electron chi connectivity index (χ0n) is 13.5. The third-order valence-electron chi connectivity index (χ3n) is 3.59. The van der Waals surface area contributed by atoms with Gasteiger partial charge in [0.05, 0.1) is 23.6 Å². The molecule has 0 bridgehead atoms. The third kappa shape index (κ3) is 3.97. The number of benzene rings is 1. The molecule has 0 fully saturated rings. The van der Waals surface area contributed by atoms with Crippen molar-refractivity contribution in [3.8, 4) is 11.3 Å². The highest BCUT2D eigenvalue weighted by atomic mass is 32.2. The molecule has 0 unspecified atom stereocenters. The molecule has 7 nitrogen and oxygen atoms in total. The molecule has 3 rings (SSSR count). The van der Waals surface area contributed by atoms with Gasteiger partial charge < -0.3 is 10.8 Å². The fourth-order valence-electron chi connectivity index (χ4n) is 2.37. The first-order valence-corrected chi connectivity index (χ1v) is 8.38. The molecular weight excluding hydrogens is 340 g/mol. The Morgan fingerprint density at radius 1 is 1.36 bits per heavy atom. The van der Waals surface area contributed by atoms with Crippen LogP contribution < -0.4 is 5.73 Å². The van der Waals surface area contributed by atoms with Gasteiger partial charge in [0, 0.05) is 17.3 Å². The van der Waals surface area contributed by atoms with E-state index < -0.39 is 5.97 Å². The Morgan fingerprint density at radius 2 is 2.08 bits per heavy atom. The summed E-state index contributed by atoms with van der Waals surface area (Å²) in [7, 11) is 0. The summed E-state index contributed by atoms with van der Waals surface area (Å²) < 4.78 is 1.57. The predicted octanol–water partition coefficient (Wildman–Crippen LogP) is 2.26. The summed E-state index contributed by atoms with van der Waals surface area (Å²) >= 11 is 1.11. The number of hydrogen-bond acceptors (Lipinski definition) is 5. The zero-order chi connectivity index (χ0) is 18.0. The second-order valence-electron chi connectivity index (χ2n) is 5.57. The van der Waals surface area contributed by atoms with Crippen LogP contribution in [0.2, 0.25) is 0 Å². The fraction of sp³-hybridized carbons (Fsp3) is 0.176. The molecule has 2 aromatic rings. The van der Waals surface area contributed by atoms with Gasteiger partial charge in [-0.05, 0) is 24.8 Å². The van der Waals surface area contributed by atoms with Crippen molar-refractivity contribution in [2.75, 3.05) is 0 Å². The van der Waals surface area contributed by atoms with Gasteiger partial charge in [-0.2, -0.15) is 10.1 Å². The SMILES string of the molecule is Cc1ccc(-c2nn(CCC(=O)O)cc2/C=C2\SC(N)=NC2=O)cc1. The quantitative estimate of drug-likeness (QED) is 0.795. The van der Waals surface area contributed by atoms with Crippen LogP contribution in [0, 0.1) is 6.92 Å². The van der Waals surface area contributed by atoms with Crippen LogP contribution in [0.3, 0.4) is 0 Å². The largest absolute Gasteiger partial charge is 0.481 e. The number of aryl methyl sites for hydroxylation is 2. The molecule has 0 radical (unpaired) electrons. The Labute approximate surface area is 148 Å². The predicted molar refractivity (Wildman–Crippen MR) is 96.9 cm³/mol. The standard InChI is InChI=1S/C17H16N4O3S/c1-10-2-4-11(5-3-10)15-12(8-13-16(24)19-17(18)25-13)9-21(20-15)7-6-14(22)23/h2-5,8-9H,6-7H2,1H3,(H,22,23)(H2,18,19,24)/b13-8-. The van der Waals surface area contributed by atoms with Crippen LogP contribution in [0.25, 0.3) is 17.3 Å². The molecule has 0 saturated heterocycles. The second kappa shape index (κ2) is 6.94. The van der Waals surface area contributed by atoms with E-state index in [0.717, 1.165) is 28.5 Å². The minimum absolute atomic E-state index is 0.0330. The average Bonchev–Trinajstić information content (AvgIpc) is 3.09. The van der Waals surface area contributed by atoms with Gasteiger partial charge in [0.1, 0.15) is 0 Å². The van der Waals surface area contributed by atoms with Gasteiger partial charge in [0.15, 0.2) is 5.17 Å². The van der Waals surface area contributed by atoms with Crippen molar-refractivity contribution >= 4 is 34.9 Å². The van der Waals surface area contributed by atoms with Crippen LogP contribution in [-0.4, -0.2) is 31.9 Å². The summed E-state index contributed by atoms with van der Waals surface area (Å²) in [6.07, 6.45) is 3.39. The smallest absolute Gasteiger partial charge is 0.305 e. The number of carbonyl (C=O) groups is 2. The first kappa shape index (κ1) is 17.0. The van der Waals surface area contributed by atoms with E-state index in [9.17, 15) is 9.59 Å². The van der Waals surface area contributed by atoms with Gasteiger partial charge in [-0.3, -0.25) is 14.3 Å². The Kier molecular flexibility index (Phi) is 4.71. The van der Waals surface area contributed by atoms with Crippen molar-refractivity contribution in [3.05, 3.63) is 46.5 Å².